The van der Waals surface area contributed by atoms with Gasteiger partial charge in [0.25, 0.3) is 0 Å². The van der Waals surface area contributed by atoms with Gasteiger partial charge in [0.2, 0.25) is 0 Å². The molecule has 1 aliphatic carbocycles. The number of para-hydroxylation sites is 2. The summed E-state index contributed by atoms with van der Waals surface area (Å²) in [5.74, 6) is 0. The highest BCUT2D eigenvalue weighted by Gasteiger charge is 2.35. The van der Waals surface area contributed by atoms with Crippen LogP contribution in [0.2, 0.25) is 0 Å². The van der Waals surface area contributed by atoms with Gasteiger partial charge in [0.15, 0.2) is 0 Å². The number of rotatable bonds is 7. The summed E-state index contributed by atoms with van der Waals surface area (Å²) < 4.78 is 2.39. The first-order valence-electron chi connectivity index (χ1n) is 18.6. The molecule has 0 fully saturated rings. The molecule has 2 heteroatoms. The summed E-state index contributed by atoms with van der Waals surface area (Å²) in [4.78, 5) is 2.38. The second-order valence-corrected chi connectivity index (χ2v) is 14.5. The van der Waals surface area contributed by atoms with Crippen LogP contribution in [-0.2, 0) is 5.41 Å². The smallest absolute Gasteiger partial charge is 0.0541 e. The largest absolute Gasteiger partial charge is 0.310 e. The first kappa shape index (κ1) is 32.5. The monoisotopic (exact) mass is 682 g/mol. The van der Waals surface area contributed by atoms with Gasteiger partial charge in [0, 0.05) is 38.9 Å². The van der Waals surface area contributed by atoms with E-state index in [0.717, 1.165) is 22.7 Å². The Kier molecular flexibility index (Phi) is 7.97. The van der Waals surface area contributed by atoms with Crippen molar-refractivity contribution in [3.05, 3.63) is 199 Å². The summed E-state index contributed by atoms with van der Waals surface area (Å²) in [6.45, 7) is 8.85. The fraction of sp³-hybridized carbons (Fsp3) is 0.0980. The molecule has 1 aliphatic rings. The van der Waals surface area contributed by atoms with Crippen molar-refractivity contribution in [1.82, 2.24) is 4.57 Å². The van der Waals surface area contributed by atoms with E-state index in [2.05, 4.69) is 219 Å². The maximum absolute atomic E-state index is 2.40. The molecule has 0 aliphatic heterocycles. The maximum Gasteiger partial charge on any atom is 0.0541 e. The Hall–Kier alpha value is -6.38. The molecule has 0 radical (unpaired) electrons. The lowest BCUT2D eigenvalue weighted by Crippen LogP contribution is -2.16. The fourth-order valence-electron chi connectivity index (χ4n) is 8.43. The third-order valence-corrected chi connectivity index (χ3v) is 11.1. The summed E-state index contributed by atoms with van der Waals surface area (Å²) in [5, 5.41) is 2.51. The van der Waals surface area contributed by atoms with E-state index in [1.165, 1.54) is 66.3 Å². The molecular weight excluding hydrogens is 641 g/mol. The minimum atomic E-state index is -0.0679. The van der Waals surface area contributed by atoms with Crippen molar-refractivity contribution in [2.75, 3.05) is 4.90 Å². The molecule has 0 spiro atoms. The zero-order chi connectivity index (χ0) is 36.1. The van der Waals surface area contributed by atoms with Crippen molar-refractivity contribution < 1.29 is 0 Å². The van der Waals surface area contributed by atoms with E-state index in [9.17, 15) is 0 Å². The molecule has 0 bridgehead atoms. The summed E-state index contributed by atoms with van der Waals surface area (Å²) in [6, 6.07) is 60.2. The zero-order valence-corrected chi connectivity index (χ0v) is 30.7. The van der Waals surface area contributed by atoms with E-state index in [1.54, 1.807) is 0 Å². The fourth-order valence-corrected chi connectivity index (χ4v) is 8.43. The Bertz CT molecular complexity index is 2690. The number of hydrogen-bond donors (Lipinski definition) is 0. The van der Waals surface area contributed by atoms with Gasteiger partial charge in [0.1, 0.15) is 0 Å². The van der Waals surface area contributed by atoms with E-state index < -0.39 is 0 Å². The molecule has 7 aromatic carbocycles. The molecule has 0 amide bonds. The van der Waals surface area contributed by atoms with Gasteiger partial charge in [-0.25, -0.2) is 0 Å². The van der Waals surface area contributed by atoms with E-state index in [0.29, 0.717) is 0 Å². The molecule has 53 heavy (non-hydrogen) atoms. The van der Waals surface area contributed by atoms with Crippen molar-refractivity contribution in [1.29, 1.82) is 0 Å². The third-order valence-electron chi connectivity index (χ3n) is 11.1. The van der Waals surface area contributed by atoms with Crippen LogP contribution in [0.15, 0.2) is 182 Å². The lowest BCUT2D eigenvalue weighted by molar-refractivity contribution is 0.660. The van der Waals surface area contributed by atoms with Gasteiger partial charge in [-0.3, -0.25) is 0 Å². The molecule has 0 atom stereocenters. The first-order valence-corrected chi connectivity index (χ1v) is 18.6. The van der Waals surface area contributed by atoms with Crippen LogP contribution in [0, 0.1) is 0 Å². The van der Waals surface area contributed by atoms with E-state index in [1.807, 2.05) is 0 Å². The molecule has 1 heterocycles. The third kappa shape index (κ3) is 5.41. The van der Waals surface area contributed by atoms with Crippen LogP contribution in [0.5, 0.6) is 0 Å². The Balaban J connectivity index is 1.10. The van der Waals surface area contributed by atoms with Gasteiger partial charge in [-0.1, -0.05) is 129 Å². The van der Waals surface area contributed by atoms with Gasteiger partial charge in [0.05, 0.1) is 11.0 Å². The maximum atomic E-state index is 2.40. The normalized spacial score (nSPS) is 13.5. The van der Waals surface area contributed by atoms with E-state index in [-0.39, 0.29) is 5.41 Å². The lowest BCUT2D eigenvalue weighted by atomic mass is 9.82. The van der Waals surface area contributed by atoms with Crippen LogP contribution < -0.4 is 4.90 Å². The SMILES string of the molecule is C/C=C\C(=C/C)c1ccc(-n2c3ccccc3c3cc(-c4ccc(N(c5ccccc5)c5ccc6c(c5)C(C)(C)c5ccccc5-6)cc4)ccc32)cc1. The van der Waals surface area contributed by atoms with Crippen molar-refractivity contribution >= 4 is 44.4 Å². The number of allylic oxidation sites excluding steroid dienone is 4. The highest BCUT2D eigenvalue weighted by Crippen LogP contribution is 2.50. The van der Waals surface area contributed by atoms with Gasteiger partial charge in [-0.15, -0.1) is 0 Å². The number of anilines is 3. The highest BCUT2D eigenvalue weighted by atomic mass is 15.1. The molecule has 0 N–H and O–H groups in total. The highest BCUT2D eigenvalue weighted by molar-refractivity contribution is 6.10. The molecule has 1 aromatic heterocycles. The van der Waals surface area contributed by atoms with Crippen LogP contribution >= 0.6 is 0 Å². The number of nitrogens with zero attached hydrogens (tertiary/aromatic N) is 2. The molecule has 2 nitrogen and oxygen atoms in total. The summed E-state index contributed by atoms with van der Waals surface area (Å²) in [5.41, 5.74) is 17.2. The van der Waals surface area contributed by atoms with Crippen LogP contribution in [0.1, 0.15) is 44.4 Å². The first-order chi connectivity index (χ1) is 26.0. The number of benzene rings is 7. The predicted octanol–water partition coefficient (Wildman–Crippen LogP) is 14.2. The molecule has 0 unspecified atom stereocenters. The van der Waals surface area contributed by atoms with Gasteiger partial charge < -0.3 is 9.47 Å². The molecular formula is C51H42N2. The van der Waals surface area contributed by atoms with Gasteiger partial charge in [-0.2, -0.15) is 0 Å². The van der Waals surface area contributed by atoms with Crippen molar-refractivity contribution in [3.8, 4) is 27.9 Å². The number of fused-ring (bicyclic) bond motifs is 6. The number of hydrogen-bond acceptors (Lipinski definition) is 1. The number of aromatic nitrogens is 1. The molecule has 256 valence electrons. The Morgan fingerprint density at radius 1 is 0.528 bits per heavy atom. The minimum absolute atomic E-state index is 0.0679. The minimum Gasteiger partial charge on any atom is -0.310 e. The van der Waals surface area contributed by atoms with Gasteiger partial charge in [-0.05, 0) is 125 Å². The predicted molar refractivity (Wildman–Crippen MR) is 227 cm³/mol. The molecule has 0 saturated heterocycles. The van der Waals surface area contributed by atoms with E-state index >= 15 is 0 Å². The second-order valence-electron chi connectivity index (χ2n) is 14.5. The van der Waals surface area contributed by atoms with E-state index in [4.69, 9.17) is 0 Å². The van der Waals surface area contributed by atoms with Gasteiger partial charge >= 0.3 is 0 Å². The lowest BCUT2D eigenvalue weighted by Gasteiger charge is -2.28. The average Bonchev–Trinajstić information content (AvgIpc) is 3.66. The summed E-state index contributed by atoms with van der Waals surface area (Å²) in [6.07, 6.45) is 6.42. The van der Waals surface area contributed by atoms with Crippen LogP contribution in [0.4, 0.5) is 17.1 Å². The standard InChI is InChI=1S/C51H42N2/c1-5-14-35(6-2)36-21-28-41(29-22-36)53-49-20-13-11-18-45(49)46-33-38(25-32-50(46)53)37-23-26-40(27-24-37)52(39-15-8-7-9-16-39)42-30-31-44-43-17-10-12-19-47(43)51(3,4)48(44)34-42/h5-34H,1-4H3/b14-5-,35-6+. The Morgan fingerprint density at radius 2 is 1.17 bits per heavy atom. The molecule has 9 rings (SSSR count). The second kappa shape index (κ2) is 13.0. The zero-order valence-electron chi connectivity index (χ0n) is 30.7. The Labute approximate surface area is 312 Å². The molecule has 8 aromatic rings. The van der Waals surface area contributed by atoms with Crippen LogP contribution in [0.25, 0.3) is 55.3 Å². The quantitative estimate of drug-likeness (QED) is 0.152. The van der Waals surface area contributed by atoms with Crippen molar-refractivity contribution in [2.45, 2.75) is 33.1 Å². The van der Waals surface area contributed by atoms with Crippen LogP contribution in [0.3, 0.4) is 0 Å². The summed E-state index contributed by atoms with van der Waals surface area (Å²) >= 11 is 0. The molecule has 0 saturated carbocycles. The Morgan fingerprint density at radius 3 is 1.94 bits per heavy atom. The van der Waals surface area contributed by atoms with Crippen LogP contribution in [-0.4, -0.2) is 4.57 Å². The van der Waals surface area contributed by atoms with Crippen molar-refractivity contribution in [2.24, 2.45) is 0 Å². The topological polar surface area (TPSA) is 8.17 Å². The van der Waals surface area contributed by atoms with Crippen molar-refractivity contribution in [3.63, 3.8) is 0 Å². The average molecular weight is 683 g/mol. The summed E-state index contributed by atoms with van der Waals surface area (Å²) in [7, 11) is 0.